The summed E-state index contributed by atoms with van der Waals surface area (Å²) >= 11 is 6.28. The monoisotopic (exact) mass is 223 g/mol. The van der Waals surface area contributed by atoms with Crippen LogP contribution in [0, 0.1) is 0 Å². The van der Waals surface area contributed by atoms with E-state index in [-0.39, 0.29) is 0 Å². The largest absolute Gasteiger partial charge is 0.313 e. The molecule has 0 aliphatic carbocycles. The zero-order valence-corrected chi connectivity index (χ0v) is 10.2. The molecule has 1 N–H and O–H groups in total. The smallest absolute Gasteiger partial charge is 0.0444 e. The Hall–Kier alpha value is -0.530. The molecule has 0 fully saturated rings. The van der Waals surface area contributed by atoms with Gasteiger partial charge in [-0.25, -0.2) is 0 Å². The predicted molar refractivity (Wildman–Crippen MR) is 65.6 cm³/mol. The van der Waals surface area contributed by atoms with Crippen molar-refractivity contribution >= 4 is 11.6 Å². The van der Waals surface area contributed by atoms with Crippen LogP contribution in [0.1, 0.15) is 42.9 Å². The molecule has 0 bridgehead atoms. The van der Waals surface area contributed by atoms with Crippen LogP contribution in [0.3, 0.4) is 0 Å². The van der Waals surface area contributed by atoms with Crippen molar-refractivity contribution in [2.75, 3.05) is 6.54 Å². The van der Waals surface area contributed by atoms with Crippen LogP contribution in [0.4, 0.5) is 0 Å². The Kier molecular flexibility index (Phi) is 3.32. The third-order valence-electron chi connectivity index (χ3n) is 3.06. The SMILES string of the molecule is CC(C)c1cc2c(cc1Cl)CNCCC2. The Morgan fingerprint density at radius 1 is 1.27 bits per heavy atom. The highest BCUT2D eigenvalue weighted by Crippen LogP contribution is 2.29. The first-order valence-corrected chi connectivity index (χ1v) is 6.08. The maximum absolute atomic E-state index is 6.28. The summed E-state index contributed by atoms with van der Waals surface area (Å²) in [6.07, 6.45) is 2.41. The van der Waals surface area contributed by atoms with Crippen molar-refractivity contribution in [1.29, 1.82) is 0 Å². The first-order valence-electron chi connectivity index (χ1n) is 5.70. The van der Waals surface area contributed by atoms with E-state index < -0.39 is 0 Å². The van der Waals surface area contributed by atoms with Gasteiger partial charge in [-0.3, -0.25) is 0 Å². The fraction of sp³-hybridized carbons (Fsp3) is 0.538. The molecule has 1 aromatic rings. The predicted octanol–water partition coefficient (Wildman–Crippen LogP) is 3.50. The zero-order chi connectivity index (χ0) is 10.8. The highest BCUT2D eigenvalue weighted by Gasteiger charge is 2.12. The summed E-state index contributed by atoms with van der Waals surface area (Å²) in [7, 11) is 0. The topological polar surface area (TPSA) is 12.0 Å². The van der Waals surface area contributed by atoms with Gasteiger partial charge in [0.25, 0.3) is 0 Å². The van der Waals surface area contributed by atoms with Gasteiger partial charge in [0.1, 0.15) is 0 Å². The minimum Gasteiger partial charge on any atom is -0.313 e. The van der Waals surface area contributed by atoms with E-state index in [9.17, 15) is 0 Å². The number of hydrogen-bond donors (Lipinski definition) is 1. The molecule has 15 heavy (non-hydrogen) atoms. The molecule has 1 aliphatic rings. The third-order valence-corrected chi connectivity index (χ3v) is 3.38. The van der Waals surface area contributed by atoms with E-state index in [0.717, 1.165) is 18.1 Å². The van der Waals surface area contributed by atoms with E-state index in [1.54, 1.807) is 0 Å². The highest BCUT2D eigenvalue weighted by molar-refractivity contribution is 6.31. The van der Waals surface area contributed by atoms with Gasteiger partial charge in [-0.2, -0.15) is 0 Å². The van der Waals surface area contributed by atoms with Gasteiger partial charge >= 0.3 is 0 Å². The number of fused-ring (bicyclic) bond motifs is 1. The molecule has 1 aromatic carbocycles. The third kappa shape index (κ3) is 2.35. The second-order valence-electron chi connectivity index (χ2n) is 4.58. The number of benzene rings is 1. The molecule has 0 aromatic heterocycles. The van der Waals surface area contributed by atoms with Crippen LogP contribution in [0.15, 0.2) is 12.1 Å². The second-order valence-corrected chi connectivity index (χ2v) is 4.98. The molecule has 0 spiro atoms. The molecule has 1 heterocycles. The molecule has 1 nitrogen and oxygen atoms in total. The van der Waals surface area contributed by atoms with E-state index in [2.05, 4.69) is 31.3 Å². The molecule has 0 unspecified atom stereocenters. The molecule has 0 amide bonds. The van der Waals surface area contributed by atoms with Crippen LogP contribution < -0.4 is 5.32 Å². The lowest BCUT2D eigenvalue weighted by Gasteiger charge is -2.13. The molecule has 0 saturated heterocycles. The average Bonchev–Trinajstić information content (AvgIpc) is 2.40. The number of aryl methyl sites for hydroxylation is 1. The summed E-state index contributed by atoms with van der Waals surface area (Å²) in [6.45, 7) is 6.47. The van der Waals surface area contributed by atoms with Crippen molar-refractivity contribution in [3.63, 3.8) is 0 Å². The second kappa shape index (κ2) is 4.54. The van der Waals surface area contributed by atoms with E-state index in [4.69, 9.17) is 11.6 Å². The molecule has 1 aliphatic heterocycles. The quantitative estimate of drug-likeness (QED) is 0.769. The summed E-state index contributed by atoms with van der Waals surface area (Å²) in [6, 6.07) is 4.44. The molecular weight excluding hydrogens is 206 g/mol. The Balaban J connectivity index is 2.42. The lowest BCUT2D eigenvalue weighted by Crippen LogP contribution is -2.12. The minimum absolute atomic E-state index is 0.513. The minimum atomic E-state index is 0.513. The van der Waals surface area contributed by atoms with Crippen LogP contribution in [0.25, 0.3) is 0 Å². The fourth-order valence-corrected chi connectivity index (χ4v) is 2.55. The van der Waals surface area contributed by atoms with Crippen molar-refractivity contribution in [2.45, 2.75) is 39.2 Å². The maximum Gasteiger partial charge on any atom is 0.0444 e. The van der Waals surface area contributed by atoms with E-state index in [1.165, 1.54) is 29.5 Å². The van der Waals surface area contributed by atoms with Crippen molar-refractivity contribution < 1.29 is 0 Å². The van der Waals surface area contributed by atoms with Gasteiger partial charge in [0.2, 0.25) is 0 Å². The van der Waals surface area contributed by atoms with Crippen LogP contribution in [-0.4, -0.2) is 6.54 Å². The Bertz CT molecular complexity index is 358. The average molecular weight is 224 g/mol. The van der Waals surface area contributed by atoms with E-state index in [0.29, 0.717) is 5.92 Å². The molecule has 0 atom stereocenters. The first-order chi connectivity index (χ1) is 7.18. The van der Waals surface area contributed by atoms with Crippen LogP contribution in [0.2, 0.25) is 5.02 Å². The molecule has 0 radical (unpaired) electrons. The molecular formula is C13H18ClN. The van der Waals surface area contributed by atoms with Gasteiger partial charge in [-0.15, -0.1) is 0 Å². The lowest BCUT2D eigenvalue weighted by atomic mass is 9.95. The number of hydrogen-bond acceptors (Lipinski definition) is 1. The normalized spacial score (nSPS) is 16.3. The van der Waals surface area contributed by atoms with Gasteiger partial charge in [0.15, 0.2) is 0 Å². The van der Waals surface area contributed by atoms with Gasteiger partial charge in [-0.1, -0.05) is 31.5 Å². The van der Waals surface area contributed by atoms with Crippen molar-refractivity contribution in [3.8, 4) is 0 Å². The Morgan fingerprint density at radius 2 is 2.07 bits per heavy atom. The summed E-state index contributed by atoms with van der Waals surface area (Å²) in [5, 5.41) is 4.34. The number of nitrogens with one attached hydrogen (secondary N) is 1. The van der Waals surface area contributed by atoms with E-state index in [1.807, 2.05) is 0 Å². The summed E-state index contributed by atoms with van der Waals surface area (Å²) in [5.74, 6) is 0.513. The van der Waals surface area contributed by atoms with Gasteiger partial charge < -0.3 is 5.32 Å². The molecule has 2 rings (SSSR count). The van der Waals surface area contributed by atoms with Crippen LogP contribution in [0.5, 0.6) is 0 Å². The summed E-state index contributed by atoms with van der Waals surface area (Å²) in [4.78, 5) is 0. The van der Waals surface area contributed by atoms with Gasteiger partial charge in [-0.05, 0) is 48.1 Å². The van der Waals surface area contributed by atoms with Gasteiger partial charge in [0.05, 0.1) is 0 Å². The van der Waals surface area contributed by atoms with Crippen LogP contribution >= 0.6 is 11.6 Å². The van der Waals surface area contributed by atoms with Crippen molar-refractivity contribution in [3.05, 3.63) is 33.8 Å². The van der Waals surface area contributed by atoms with Crippen LogP contribution in [-0.2, 0) is 13.0 Å². The van der Waals surface area contributed by atoms with Gasteiger partial charge in [0, 0.05) is 11.6 Å². The first kappa shape index (κ1) is 11.0. The van der Waals surface area contributed by atoms with Crippen molar-refractivity contribution in [1.82, 2.24) is 5.32 Å². The summed E-state index contributed by atoms with van der Waals surface area (Å²) in [5.41, 5.74) is 4.15. The fourth-order valence-electron chi connectivity index (χ4n) is 2.14. The number of halogens is 1. The summed E-state index contributed by atoms with van der Waals surface area (Å²) < 4.78 is 0. The van der Waals surface area contributed by atoms with Crippen molar-refractivity contribution in [2.24, 2.45) is 0 Å². The highest BCUT2D eigenvalue weighted by atomic mass is 35.5. The molecule has 0 saturated carbocycles. The molecule has 82 valence electrons. The number of rotatable bonds is 1. The Labute approximate surface area is 96.8 Å². The maximum atomic E-state index is 6.28. The lowest BCUT2D eigenvalue weighted by molar-refractivity contribution is 0.681. The Morgan fingerprint density at radius 3 is 2.80 bits per heavy atom. The molecule has 2 heteroatoms. The standard InChI is InChI=1S/C13H18ClN/c1-9(2)12-6-10-4-3-5-15-8-11(10)7-13(12)14/h6-7,9,15H,3-5,8H2,1-2H3. The zero-order valence-electron chi connectivity index (χ0n) is 9.44. The van der Waals surface area contributed by atoms with E-state index >= 15 is 0 Å².